The molecule has 2 nitrogen and oxygen atoms in total. The summed E-state index contributed by atoms with van der Waals surface area (Å²) < 4.78 is 88.2. The molecule has 0 aliphatic heterocycles. The minimum atomic E-state index is -5.76. The van der Waals surface area contributed by atoms with Gasteiger partial charge in [-0.1, -0.05) is 79.2 Å². The maximum absolute atomic E-state index is 13.9. The van der Waals surface area contributed by atoms with Gasteiger partial charge in [-0.05, 0) is 23.4 Å². The van der Waals surface area contributed by atoms with Crippen molar-refractivity contribution >= 4 is 20.6 Å². The second-order valence-corrected chi connectivity index (χ2v) is 9.47. The topological polar surface area (TPSA) is 35.2 Å². The lowest BCUT2D eigenvalue weighted by Gasteiger charge is -2.37. The number of nitrogens with two attached hydrogens (primary N) is 1. The number of halogens is 6. The number of allylic oxidation sites excluding steroid dienone is 2. The highest BCUT2D eigenvalue weighted by molar-refractivity contribution is 8.30. The van der Waals surface area contributed by atoms with Crippen LogP contribution < -0.4 is 5.14 Å². The van der Waals surface area contributed by atoms with Crippen LogP contribution in [0.3, 0.4) is 0 Å². The van der Waals surface area contributed by atoms with Crippen LogP contribution in [0.15, 0.2) is 78.2 Å². The predicted molar refractivity (Wildman–Crippen MR) is 119 cm³/mol. The van der Waals surface area contributed by atoms with Crippen molar-refractivity contribution in [3.8, 4) is 0 Å². The molecule has 0 saturated carbocycles. The Morgan fingerprint density at radius 3 is 1.97 bits per heavy atom. The highest BCUT2D eigenvalue weighted by Crippen LogP contribution is 2.53. The molecule has 9 heteroatoms. The van der Waals surface area contributed by atoms with Crippen molar-refractivity contribution in [2.45, 2.75) is 31.5 Å². The van der Waals surface area contributed by atoms with Gasteiger partial charge in [0, 0.05) is 10.5 Å². The lowest BCUT2D eigenvalue weighted by atomic mass is 9.91. The summed E-state index contributed by atoms with van der Waals surface area (Å²) in [7, 11) is -2.26. The SMILES string of the molecule is C=C(/C=C\C)S(=C)(N)=Cc1ccc(C(OCc2ccccc2)(C(F)(F)F)C(F)(F)F)cc1. The molecule has 2 rings (SSSR count). The van der Waals surface area contributed by atoms with Gasteiger partial charge >= 0.3 is 12.4 Å². The van der Waals surface area contributed by atoms with E-state index in [-0.39, 0.29) is 5.56 Å². The molecule has 0 spiro atoms. The second kappa shape index (κ2) is 9.56. The monoisotopic (exact) mass is 475 g/mol. The molecule has 174 valence electrons. The van der Waals surface area contributed by atoms with Crippen LogP contribution in [-0.4, -0.2) is 23.6 Å². The number of ether oxygens (including phenoxy) is 1. The van der Waals surface area contributed by atoms with Crippen molar-refractivity contribution in [1.82, 2.24) is 0 Å². The van der Waals surface area contributed by atoms with E-state index in [0.29, 0.717) is 10.5 Å². The molecule has 0 aliphatic carbocycles. The van der Waals surface area contributed by atoms with Crippen molar-refractivity contribution in [2.75, 3.05) is 0 Å². The third kappa shape index (κ3) is 5.46. The molecular formula is C23H23F6NOS. The molecule has 2 N–H and O–H groups in total. The lowest BCUT2D eigenvalue weighted by Crippen LogP contribution is -2.55. The minimum Gasteiger partial charge on any atom is -0.349 e. The fourth-order valence-corrected chi connectivity index (χ4v) is 4.11. The number of benzene rings is 2. The maximum atomic E-state index is 13.9. The van der Waals surface area contributed by atoms with Gasteiger partial charge in [-0.2, -0.15) is 26.3 Å². The molecule has 1 unspecified atom stereocenters. The van der Waals surface area contributed by atoms with Crippen LogP contribution >= 0.6 is 9.39 Å². The number of hydrogen-bond donors (Lipinski definition) is 1. The van der Waals surface area contributed by atoms with E-state index in [2.05, 4.69) is 17.2 Å². The maximum Gasteiger partial charge on any atom is 0.430 e. The average molecular weight is 475 g/mol. The first-order valence-electron chi connectivity index (χ1n) is 9.27. The molecule has 0 aromatic heterocycles. The predicted octanol–water partition coefficient (Wildman–Crippen LogP) is 6.57. The summed E-state index contributed by atoms with van der Waals surface area (Å²) in [5.74, 6) is 3.87. The van der Waals surface area contributed by atoms with E-state index in [9.17, 15) is 26.3 Å². The summed E-state index contributed by atoms with van der Waals surface area (Å²) in [5.41, 5.74) is -5.10. The Balaban J connectivity index is 2.55. The molecule has 0 bridgehead atoms. The van der Waals surface area contributed by atoms with Gasteiger partial charge in [0.1, 0.15) is 0 Å². The van der Waals surface area contributed by atoms with Crippen LogP contribution in [0.25, 0.3) is 0 Å². The standard InChI is InChI=1S/C23H23F6NOS/c1-4-8-17(2)32(3,30)16-19-11-13-20(14-12-19)21(22(24,25)26,23(27,28)29)31-15-18-9-6-5-7-10-18/h4-14,16H,2-3,15,30H2,1H3/b8-4-. The Hall–Kier alpha value is -2.49. The summed E-state index contributed by atoms with van der Waals surface area (Å²) in [4.78, 5) is 0.496. The van der Waals surface area contributed by atoms with Crippen LogP contribution in [0, 0.1) is 0 Å². The number of rotatable bonds is 7. The number of hydrogen-bond acceptors (Lipinski definition) is 2. The summed E-state index contributed by atoms with van der Waals surface area (Å²) in [6, 6.07) is 11.1. The van der Waals surface area contributed by atoms with Crippen LogP contribution in [0.2, 0.25) is 0 Å². The highest BCUT2D eigenvalue weighted by atomic mass is 32.2. The molecule has 2 aromatic rings. The van der Waals surface area contributed by atoms with Gasteiger partial charge in [-0.25, -0.2) is 0 Å². The van der Waals surface area contributed by atoms with E-state index in [4.69, 9.17) is 5.14 Å². The van der Waals surface area contributed by atoms with Gasteiger partial charge in [0.2, 0.25) is 0 Å². The van der Waals surface area contributed by atoms with E-state index in [1.54, 1.807) is 25.1 Å². The highest BCUT2D eigenvalue weighted by Gasteiger charge is 2.73. The Morgan fingerprint density at radius 1 is 0.969 bits per heavy atom. The molecule has 1 atom stereocenters. The van der Waals surface area contributed by atoms with E-state index >= 15 is 0 Å². The van der Waals surface area contributed by atoms with E-state index < -0.39 is 39.5 Å². The molecule has 0 saturated heterocycles. The third-order valence-electron chi connectivity index (χ3n) is 4.60. The number of alkyl halides is 6. The van der Waals surface area contributed by atoms with E-state index in [1.807, 2.05) is 0 Å². The quantitative estimate of drug-likeness (QED) is 0.279. The van der Waals surface area contributed by atoms with Crippen LogP contribution in [-0.2, 0) is 16.9 Å². The zero-order chi connectivity index (χ0) is 24.2. The van der Waals surface area contributed by atoms with Gasteiger partial charge in [0.15, 0.2) is 0 Å². The second-order valence-electron chi connectivity index (χ2n) is 7.01. The molecule has 0 radical (unpaired) electrons. The third-order valence-corrected chi connectivity index (χ3v) is 6.41. The largest absolute Gasteiger partial charge is 0.430 e. The molecule has 0 amide bonds. The molecule has 0 heterocycles. The first-order chi connectivity index (χ1) is 14.7. The average Bonchev–Trinajstić information content (AvgIpc) is 2.68. The van der Waals surface area contributed by atoms with E-state index in [1.165, 1.54) is 29.6 Å². The smallest absolute Gasteiger partial charge is 0.349 e. The Kier molecular flexibility index (Phi) is 7.70. The van der Waals surface area contributed by atoms with Crippen LogP contribution in [0.5, 0.6) is 0 Å². The summed E-state index contributed by atoms with van der Waals surface area (Å²) >= 11 is 0. The van der Waals surface area contributed by atoms with Crippen molar-refractivity contribution in [3.05, 3.63) is 94.9 Å². The molecule has 0 fully saturated rings. The molecule has 32 heavy (non-hydrogen) atoms. The zero-order valence-electron chi connectivity index (χ0n) is 17.2. The Morgan fingerprint density at radius 2 is 1.50 bits per heavy atom. The summed E-state index contributed by atoms with van der Waals surface area (Å²) in [5, 5.41) is 7.61. The minimum absolute atomic E-state index is 0.173. The first kappa shape index (κ1) is 25.8. The molecule has 2 aromatic carbocycles. The fourth-order valence-electron chi connectivity index (χ4n) is 2.93. The first-order valence-corrected chi connectivity index (χ1v) is 11.2. The van der Waals surface area contributed by atoms with Crippen molar-refractivity contribution in [2.24, 2.45) is 5.14 Å². The summed E-state index contributed by atoms with van der Waals surface area (Å²) in [6.45, 7) is 4.67. The van der Waals surface area contributed by atoms with Gasteiger partial charge in [-0.15, -0.1) is 9.39 Å². The van der Waals surface area contributed by atoms with Gasteiger partial charge < -0.3 is 4.74 Å². The molecule has 0 aliphatic rings. The van der Waals surface area contributed by atoms with Crippen LogP contribution in [0.4, 0.5) is 26.3 Å². The fraction of sp³-hybridized carbons (Fsp3) is 0.217. The molecular weight excluding hydrogens is 452 g/mol. The van der Waals surface area contributed by atoms with Gasteiger partial charge in [0.05, 0.1) is 6.61 Å². The normalized spacial score (nSPS) is 14.9. The lowest BCUT2D eigenvalue weighted by molar-refractivity contribution is -0.392. The Bertz CT molecular complexity index is 1060. The van der Waals surface area contributed by atoms with Crippen molar-refractivity contribution < 1.29 is 31.1 Å². The summed E-state index contributed by atoms with van der Waals surface area (Å²) in [6.07, 6.45) is -8.19. The van der Waals surface area contributed by atoms with Gasteiger partial charge in [0.25, 0.3) is 5.60 Å². The van der Waals surface area contributed by atoms with Crippen molar-refractivity contribution in [1.29, 1.82) is 0 Å². The van der Waals surface area contributed by atoms with E-state index in [0.717, 1.165) is 24.3 Å². The Labute approximate surface area is 183 Å². The van der Waals surface area contributed by atoms with Gasteiger partial charge in [-0.3, -0.25) is 5.14 Å². The van der Waals surface area contributed by atoms with Crippen LogP contribution in [0.1, 0.15) is 23.6 Å². The zero-order valence-corrected chi connectivity index (χ0v) is 18.0. The van der Waals surface area contributed by atoms with Crippen molar-refractivity contribution in [3.63, 3.8) is 0 Å².